The van der Waals surface area contributed by atoms with Crippen LogP contribution in [0.5, 0.6) is 0 Å². The number of halogens is 3. The maximum absolute atomic E-state index is 4.10. The minimum atomic E-state index is -0.629. The number of thiol groups is 1. The third-order valence-corrected chi connectivity index (χ3v) is 0. The monoisotopic (exact) mass is 414 g/mol. The van der Waals surface area contributed by atoms with Gasteiger partial charge in [0, 0.05) is 0 Å². The third-order valence-electron chi connectivity index (χ3n) is 0. The molecule has 0 N–H and O–H groups in total. The van der Waals surface area contributed by atoms with Crippen molar-refractivity contribution in [2.24, 2.45) is 0 Å². The standard InChI is InChI=1S/HI3S/c1-3(2)4/h4H. The molecule has 0 atom stereocenters. The Labute approximate surface area is 56.1 Å². The van der Waals surface area contributed by atoms with E-state index in [9.17, 15) is 0 Å². The van der Waals surface area contributed by atoms with Gasteiger partial charge in [-0.3, -0.25) is 0 Å². The van der Waals surface area contributed by atoms with Gasteiger partial charge in [0.2, 0.25) is 0 Å². The van der Waals surface area contributed by atoms with Gasteiger partial charge < -0.3 is 0 Å². The van der Waals surface area contributed by atoms with Crippen molar-refractivity contribution >= 4 is 57.5 Å². The van der Waals surface area contributed by atoms with Gasteiger partial charge in [0.1, 0.15) is 0 Å². The van der Waals surface area contributed by atoms with Crippen LogP contribution in [0.2, 0.25) is 0 Å². The van der Waals surface area contributed by atoms with Crippen LogP contribution in [0, 0.1) is 0 Å². The Kier molecular flexibility index (Phi) is 6.08. The Bertz CT molecular complexity index is 8.00. The van der Waals surface area contributed by atoms with E-state index < -0.39 is 10.5 Å². The van der Waals surface area contributed by atoms with Crippen molar-refractivity contribution < 1.29 is 0 Å². The normalized spacial score (nSPS) is 11.2. The summed E-state index contributed by atoms with van der Waals surface area (Å²) < 4.78 is 0. The zero-order valence-corrected chi connectivity index (χ0v) is 8.95. The van der Waals surface area contributed by atoms with E-state index >= 15 is 0 Å². The molecule has 0 radical (unpaired) electrons. The fourth-order valence-corrected chi connectivity index (χ4v) is 0. The Morgan fingerprint density at radius 3 is 1.50 bits per heavy atom. The maximum atomic E-state index is 4.10. The van der Waals surface area contributed by atoms with Crippen LogP contribution in [-0.2, 0) is 0 Å². The first-order chi connectivity index (χ1) is 1.73. The molecule has 0 aliphatic carbocycles. The van der Waals surface area contributed by atoms with E-state index in [1.165, 1.54) is 0 Å². The van der Waals surface area contributed by atoms with Crippen molar-refractivity contribution in [2.45, 2.75) is 0 Å². The van der Waals surface area contributed by atoms with E-state index in [1.807, 2.05) is 0 Å². The van der Waals surface area contributed by atoms with Gasteiger partial charge in [-0.15, -0.1) is 0 Å². The molecule has 0 bridgehead atoms. The molecule has 0 amide bonds. The van der Waals surface area contributed by atoms with Crippen LogP contribution in [0.1, 0.15) is 0 Å². The Hall–Kier alpha value is 2.54. The summed E-state index contributed by atoms with van der Waals surface area (Å²) in [7, 11) is 3.47. The fourth-order valence-electron chi connectivity index (χ4n) is 0. The van der Waals surface area contributed by atoms with Gasteiger partial charge >= 0.3 is 57.5 Å². The van der Waals surface area contributed by atoms with Crippen molar-refractivity contribution in [3.8, 4) is 0 Å². The van der Waals surface area contributed by atoms with Gasteiger partial charge in [-0.1, -0.05) is 0 Å². The molecule has 0 aromatic rings. The summed E-state index contributed by atoms with van der Waals surface area (Å²) in [6, 6.07) is 0. The predicted molar refractivity (Wildman–Crippen MR) is 51.0 cm³/mol. The number of hydrogen-bond acceptors (Lipinski definition) is 1. The topological polar surface area (TPSA) is 0 Å². The molecule has 0 heterocycles. The number of rotatable bonds is 0. The van der Waals surface area contributed by atoms with Gasteiger partial charge in [0.05, 0.1) is 0 Å². The van der Waals surface area contributed by atoms with Crippen molar-refractivity contribution in [1.29, 1.82) is 0 Å². The van der Waals surface area contributed by atoms with Gasteiger partial charge in [-0.25, -0.2) is 0 Å². The number of hydrogen-bond donors (Lipinski definition) is 1. The summed E-state index contributed by atoms with van der Waals surface area (Å²) >= 11 is 4.70. The van der Waals surface area contributed by atoms with Crippen LogP contribution in [0.4, 0.5) is 0 Å². The van der Waals surface area contributed by atoms with Gasteiger partial charge in [0.25, 0.3) is 0 Å². The van der Waals surface area contributed by atoms with E-state index in [0.29, 0.717) is 0 Å². The van der Waals surface area contributed by atoms with E-state index in [4.69, 9.17) is 0 Å². The van der Waals surface area contributed by atoms with Gasteiger partial charge in [0.15, 0.2) is 0 Å². The third kappa shape index (κ3) is 8.82. The molecule has 0 aliphatic rings. The fraction of sp³-hybridized carbons (Fsp3) is 0. The summed E-state index contributed by atoms with van der Waals surface area (Å²) in [5, 5.41) is 0. The molecule has 0 aromatic heterocycles. The second-order valence-corrected chi connectivity index (χ2v) is 33.5. The molecule has 0 saturated carbocycles. The average Bonchev–Trinajstić information content (AvgIpc) is 0.811. The van der Waals surface area contributed by atoms with Crippen LogP contribution < -0.4 is 0 Å². The summed E-state index contributed by atoms with van der Waals surface area (Å²) in [6.45, 7) is 0. The van der Waals surface area contributed by atoms with E-state index in [1.54, 1.807) is 0 Å². The van der Waals surface area contributed by atoms with Crippen LogP contribution >= 0.6 is 57.5 Å². The van der Waals surface area contributed by atoms with Crippen LogP contribution in [0.15, 0.2) is 0 Å². The molecular weight excluding hydrogens is 413 g/mol. The zero-order chi connectivity index (χ0) is 3.58. The molecule has 0 spiro atoms. The Morgan fingerprint density at radius 1 is 1.50 bits per heavy atom. The molecular formula is HI3S. The van der Waals surface area contributed by atoms with Crippen LogP contribution in [-0.4, -0.2) is 0 Å². The molecule has 0 rings (SSSR count). The van der Waals surface area contributed by atoms with Gasteiger partial charge in [-0.2, -0.15) is 0 Å². The van der Waals surface area contributed by atoms with Crippen molar-refractivity contribution in [1.82, 2.24) is 0 Å². The van der Waals surface area contributed by atoms with Crippen LogP contribution in [0.3, 0.4) is 0 Å². The quantitative estimate of drug-likeness (QED) is 0.458. The van der Waals surface area contributed by atoms with Crippen molar-refractivity contribution in [2.75, 3.05) is 0 Å². The first kappa shape index (κ1) is 6.54. The Balaban J connectivity index is 2.32. The van der Waals surface area contributed by atoms with E-state index in [0.717, 1.165) is 0 Å². The molecule has 4 heavy (non-hydrogen) atoms. The first-order valence-corrected chi connectivity index (χ1v) is 16.3. The molecule has 0 fully saturated rings. The molecule has 0 unspecified atom stereocenters. The second kappa shape index (κ2) is 3.72. The molecule has 0 aliphatic heterocycles. The Morgan fingerprint density at radius 2 is 1.50 bits per heavy atom. The molecule has 0 nitrogen and oxygen atoms in total. The summed E-state index contributed by atoms with van der Waals surface area (Å²) in [4.78, 5) is 0. The predicted octanol–water partition coefficient (Wildman–Crippen LogP) is 3.04. The minimum absolute atomic E-state index is 0.629. The van der Waals surface area contributed by atoms with Crippen molar-refractivity contribution in [3.05, 3.63) is 0 Å². The van der Waals surface area contributed by atoms with Crippen molar-refractivity contribution in [3.63, 3.8) is 0 Å². The molecule has 0 aromatic carbocycles. The average molecular weight is 414 g/mol. The summed E-state index contributed by atoms with van der Waals surface area (Å²) in [5.74, 6) is 0. The second-order valence-electron chi connectivity index (χ2n) is 0.182. The van der Waals surface area contributed by atoms with E-state index in [2.05, 4.69) is 47.0 Å². The first-order valence-electron chi connectivity index (χ1n) is 0.455. The summed E-state index contributed by atoms with van der Waals surface area (Å²) in [6.07, 6.45) is 0. The zero-order valence-electron chi connectivity index (χ0n) is 1.58. The van der Waals surface area contributed by atoms with Crippen LogP contribution in [0.25, 0.3) is 0 Å². The molecule has 0 saturated heterocycles. The summed E-state index contributed by atoms with van der Waals surface area (Å²) in [5.41, 5.74) is 0. The van der Waals surface area contributed by atoms with Gasteiger partial charge in [-0.05, 0) is 0 Å². The molecule has 28 valence electrons. The van der Waals surface area contributed by atoms with E-state index in [-0.39, 0.29) is 0 Å². The molecule has 4 heteroatoms. The SMILES string of the molecule is SI(I)I.